The third-order valence-corrected chi connectivity index (χ3v) is 5.64. The molecule has 0 spiro atoms. The van der Waals surface area contributed by atoms with Gasteiger partial charge in [0.2, 0.25) is 0 Å². The van der Waals surface area contributed by atoms with Crippen molar-refractivity contribution in [1.82, 2.24) is 25.2 Å². The summed E-state index contributed by atoms with van der Waals surface area (Å²) in [6.45, 7) is 9.87. The third kappa shape index (κ3) is 7.87. The second kappa shape index (κ2) is 13.4. The van der Waals surface area contributed by atoms with Gasteiger partial charge in [-0.15, -0.1) is 24.0 Å². The summed E-state index contributed by atoms with van der Waals surface area (Å²) in [5.41, 5.74) is 1.01. The normalized spacial score (nSPS) is 19.5. The largest absolute Gasteiger partial charge is 0.364 e. The van der Waals surface area contributed by atoms with Gasteiger partial charge in [-0.1, -0.05) is 18.0 Å². The van der Waals surface area contributed by atoms with Crippen LogP contribution in [0.4, 0.5) is 0 Å². The Morgan fingerprint density at radius 1 is 1.04 bits per heavy atom. The van der Waals surface area contributed by atoms with E-state index in [1.54, 1.807) is 6.26 Å². The molecule has 1 aromatic rings. The molecule has 2 aliphatic heterocycles. The Morgan fingerprint density at radius 3 is 2.50 bits per heavy atom. The number of halogens is 1. The Labute approximate surface area is 186 Å². The summed E-state index contributed by atoms with van der Waals surface area (Å²) < 4.78 is 4.92. The molecule has 0 unspecified atom stereocenters. The van der Waals surface area contributed by atoms with Gasteiger partial charge in [0.15, 0.2) is 5.96 Å². The van der Waals surface area contributed by atoms with E-state index in [4.69, 9.17) is 4.52 Å². The van der Waals surface area contributed by atoms with Crippen molar-refractivity contribution in [2.45, 2.75) is 45.1 Å². The van der Waals surface area contributed by atoms with Crippen molar-refractivity contribution >= 4 is 29.9 Å². The van der Waals surface area contributed by atoms with Crippen molar-refractivity contribution in [2.24, 2.45) is 4.99 Å². The number of nitrogens with one attached hydrogen (secondary N) is 1. The molecule has 8 heteroatoms. The van der Waals surface area contributed by atoms with Crippen molar-refractivity contribution in [1.29, 1.82) is 0 Å². The predicted molar refractivity (Wildman–Crippen MR) is 124 cm³/mol. The molecule has 2 saturated heterocycles. The Kier molecular flexibility index (Phi) is 11.2. The van der Waals surface area contributed by atoms with E-state index in [0.29, 0.717) is 0 Å². The molecule has 0 aliphatic carbocycles. The molecule has 3 rings (SSSR count). The molecule has 0 amide bonds. The van der Waals surface area contributed by atoms with Gasteiger partial charge in [-0.2, -0.15) is 0 Å². The first-order valence-corrected chi connectivity index (χ1v) is 10.6. The SMILES string of the molecule is CN=C(NCCCCCN1CCCCC1)N1CCN(Cc2ccon2)CC1.I. The van der Waals surface area contributed by atoms with E-state index in [1.165, 1.54) is 58.2 Å². The summed E-state index contributed by atoms with van der Waals surface area (Å²) in [4.78, 5) is 11.9. The van der Waals surface area contributed by atoms with Gasteiger partial charge < -0.3 is 19.6 Å². The Balaban J connectivity index is 0.00000280. The van der Waals surface area contributed by atoms with E-state index >= 15 is 0 Å². The molecule has 0 atom stereocenters. The summed E-state index contributed by atoms with van der Waals surface area (Å²) in [6, 6.07) is 1.94. The van der Waals surface area contributed by atoms with Crippen LogP contribution < -0.4 is 5.32 Å². The van der Waals surface area contributed by atoms with Gasteiger partial charge >= 0.3 is 0 Å². The minimum atomic E-state index is 0. The molecule has 28 heavy (non-hydrogen) atoms. The van der Waals surface area contributed by atoms with Gasteiger partial charge in [0, 0.05) is 52.4 Å². The first-order chi connectivity index (χ1) is 13.3. The summed E-state index contributed by atoms with van der Waals surface area (Å²) in [7, 11) is 1.89. The van der Waals surface area contributed by atoms with E-state index < -0.39 is 0 Å². The van der Waals surface area contributed by atoms with Crippen molar-refractivity contribution < 1.29 is 4.52 Å². The smallest absolute Gasteiger partial charge is 0.193 e. The van der Waals surface area contributed by atoms with Crippen molar-refractivity contribution in [3.63, 3.8) is 0 Å². The Morgan fingerprint density at radius 2 is 1.82 bits per heavy atom. The second-order valence-corrected chi connectivity index (χ2v) is 7.69. The van der Waals surface area contributed by atoms with Crippen LogP contribution in [-0.4, -0.2) is 85.2 Å². The zero-order chi connectivity index (χ0) is 18.7. The number of guanidine groups is 1. The third-order valence-electron chi connectivity index (χ3n) is 5.64. The van der Waals surface area contributed by atoms with E-state index in [1.807, 2.05) is 13.1 Å². The molecule has 0 bridgehead atoms. The molecule has 7 nitrogen and oxygen atoms in total. The highest BCUT2D eigenvalue weighted by Crippen LogP contribution is 2.10. The number of likely N-dealkylation sites (tertiary alicyclic amines) is 1. The zero-order valence-electron chi connectivity index (χ0n) is 17.3. The maximum absolute atomic E-state index is 4.92. The monoisotopic (exact) mass is 504 g/mol. The Hall–Kier alpha value is -0.870. The molecule has 0 aromatic carbocycles. The summed E-state index contributed by atoms with van der Waals surface area (Å²) in [5.74, 6) is 1.05. The van der Waals surface area contributed by atoms with E-state index in [-0.39, 0.29) is 24.0 Å². The van der Waals surface area contributed by atoms with Crippen LogP contribution in [-0.2, 0) is 6.54 Å². The molecule has 1 N–H and O–H groups in total. The highest BCUT2D eigenvalue weighted by molar-refractivity contribution is 14.0. The number of aliphatic imine (C=N–C) groups is 1. The van der Waals surface area contributed by atoms with Crippen LogP contribution in [0.25, 0.3) is 0 Å². The summed E-state index contributed by atoms with van der Waals surface area (Å²) in [5, 5.41) is 7.56. The lowest BCUT2D eigenvalue weighted by Gasteiger charge is -2.36. The van der Waals surface area contributed by atoms with Crippen molar-refractivity contribution in [3.8, 4) is 0 Å². The van der Waals surface area contributed by atoms with Crippen LogP contribution in [0.3, 0.4) is 0 Å². The van der Waals surface area contributed by atoms with Gasteiger partial charge in [0.1, 0.15) is 6.26 Å². The average molecular weight is 504 g/mol. The van der Waals surface area contributed by atoms with Crippen LogP contribution >= 0.6 is 24.0 Å². The fourth-order valence-corrected chi connectivity index (χ4v) is 4.02. The topological polar surface area (TPSA) is 60.1 Å². The van der Waals surface area contributed by atoms with Crippen LogP contribution in [0.15, 0.2) is 21.8 Å². The summed E-state index contributed by atoms with van der Waals surface area (Å²) in [6.07, 6.45) is 9.69. The van der Waals surface area contributed by atoms with Crippen LogP contribution in [0.1, 0.15) is 44.2 Å². The van der Waals surface area contributed by atoms with E-state index in [2.05, 4.69) is 30.2 Å². The van der Waals surface area contributed by atoms with E-state index in [0.717, 1.165) is 50.9 Å². The lowest BCUT2D eigenvalue weighted by atomic mass is 10.1. The maximum Gasteiger partial charge on any atom is 0.193 e. The fourth-order valence-electron chi connectivity index (χ4n) is 4.02. The van der Waals surface area contributed by atoms with Crippen molar-refractivity contribution in [3.05, 3.63) is 18.0 Å². The molecule has 1 aromatic heterocycles. The highest BCUT2D eigenvalue weighted by atomic mass is 127. The van der Waals surface area contributed by atoms with Gasteiger partial charge in [-0.25, -0.2) is 0 Å². The molecule has 0 saturated carbocycles. The van der Waals surface area contributed by atoms with Gasteiger partial charge in [-0.3, -0.25) is 9.89 Å². The summed E-state index contributed by atoms with van der Waals surface area (Å²) >= 11 is 0. The molecular weight excluding hydrogens is 467 g/mol. The number of piperidine rings is 1. The Bertz CT molecular complexity index is 539. The number of aromatic nitrogens is 1. The van der Waals surface area contributed by atoms with Gasteiger partial charge in [0.05, 0.1) is 5.69 Å². The number of piperazine rings is 1. The molecule has 2 fully saturated rings. The quantitative estimate of drug-likeness (QED) is 0.254. The minimum Gasteiger partial charge on any atom is -0.364 e. The second-order valence-electron chi connectivity index (χ2n) is 7.69. The maximum atomic E-state index is 4.92. The van der Waals surface area contributed by atoms with Gasteiger partial charge in [-0.05, 0) is 45.3 Å². The zero-order valence-corrected chi connectivity index (χ0v) is 19.6. The van der Waals surface area contributed by atoms with Crippen LogP contribution in [0, 0.1) is 0 Å². The number of rotatable bonds is 8. The molecule has 3 heterocycles. The van der Waals surface area contributed by atoms with E-state index in [9.17, 15) is 0 Å². The molecule has 160 valence electrons. The first kappa shape index (κ1) is 23.4. The lowest BCUT2D eigenvalue weighted by Crippen LogP contribution is -2.52. The molecular formula is C20H37IN6O. The highest BCUT2D eigenvalue weighted by Gasteiger charge is 2.20. The van der Waals surface area contributed by atoms with Crippen molar-refractivity contribution in [2.75, 3.05) is 59.4 Å². The standard InChI is InChI=1S/C20H36N6O.HI/c1-21-20(22-9-4-2-5-10-24-11-6-3-7-12-24)26-15-13-25(14-16-26)18-19-8-17-27-23-19;/h8,17H,2-7,9-16,18H2,1H3,(H,21,22);1H. The minimum absolute atomic E-state index is 0. The van der Waals surface area contributed by atoms with Crippen LogP contribution in [0.2, 0.25) is 0 Å². The number of hydrogen-bond donors (Lipinski definition) is 1. The first-order valence-electron chi connectivity index (χ1n) is 10.6. The fraction of sp³-hybridized carbons (Fsp3) is 0.800. The predicted octanol–water partition coefficient (Wildman–Crippen LogP) is 2.64. The molecule has 2 aliphatic rings. The molecule has 0 radical (unpaired) electrons. The number of hydrogen-bond acceptors (Lipinski definition) is 5. The van der Waals surface area contributed by atoms with Crippen LogP contribution in [0.5, 0.6) is 0 Å². The lowest BCUT2D eigenvalue weighted by molar-refractivity contribution is 0.169. The van der Waals surface area contributed by atoms with Gasteiger partial charge in [0.25, 0.3) is 0 Å². The number of unbranched alkanes of at least 4 members (excludes halogenated alkanes) is 2. The average Bonchev–Trinajstić information content (AvgIpc) is 3.22. The number of nitrogens with zero attached hydrogens (tertiary/aromatic N) is 5.